The molecule has 0 radical (unpaired) electrons. The van der Waals surface area contributed by atoms with Crippen molar-refractivity contribution in [2.75, 3.05) is 19.7 Å². The second-order valence-corrected chi connectivity index (χ2v) is 12.3. The van der Waals surface area contributed by atoms with Gasteiger partial charge in [0.25, 0.3) is 0 Å². The number of carbonyl (C=O) groups excluding carboxylic acids is 2. The van der Waals surface area contributed by atoms with Crippen LogP contribution in [0.1, 0.15) is 81.9 Å². The SMILES string of the molecule is Cc1ccc(C(C)(C)C)cc1C1CC2(CCN(C(=O)[C@@H]3C[C@]4(COC(N)=O)CC34)CC2)C1. The molecule has 2 N–H and O–H groups in total. The lowest BCUT2D eigenvalue weighted by Gasteiger charge is -2.53. The molecular formula is C27H38N2O3. The van der Waals surface area contributed by atoms with Gasteiger partial charge in [-0.15, -0.1) is 0 Å². The Morgan fingerprint density at radius 1 is 1.12 bits per heavy atom. The van der Waals surface area contributed by atoms with E-state index < -0.39 is 6.09 Å². The maximum atomic E-state index is 13.1. The third-order valence-electron chi connectivity index (χ3n) is 9.26. The van der Waals surface area contributed by atoms with Crippen molar-refractivity contribution >= 4 is 12.0 Å². The summed E-state index contributed by atoms with van der Waals surface area (Å²) in [7, 11) is 0. The summed E-state index contributed by atoms with van der Waals surface area (Å²) in [5.74, 6) is 1.54. The van der Waals surface area contributed by atoms with Crippen LogP contribution in [0.5, 0.6) is 0 Å². The van der Waals surface area contributed by atoms with E-state index in [1.165, 1.54) is 24.0 Å². The monoisotopic (exact) mass is 438 g/mol. The molecule has 32 heavy (non-hydrogen) atoms. The number of likely N-dealkylation sites (tertiary alicyclic amines) is 1. The highest BCUT2D eigenvalue weighted by Gasteiger charge is 2.70. The molecule has 3 atom stereocenters. The maximum absolute atomic E-state index is 13.1. The standard InChI is InChI=1S/C27H38N2O3/c1-17-5-6-19(25(2,3)4)11-20(17)18-12-26(13-18)7-9-29(10-8-26)23(30)21-14-27(15-22(21)27)16-32-24(28)31/h5-6,11,18,21-22H,7-10,12-16H2,1-4H3,(H2,28,31)/t21-,22?,27-/m1/s1. The topological polar surface area (TPSA) is 72.6 Å². The molecule has 4 aliphatic rings. The minimum Gasteiger partial charge on any atom is -0.449 e. The molecule has 1 aromatic carbocycles. The Balaban J connectivity index is 1.13. The number of fused-ring (bicyclic) bond motifs is 1. The lowest BCUT2D eigenvalue weighted by atomic mass is 9.55. The fourth-order valence-corrected chi connectivity index (χ4v) is 6.90. The van der Waals surface area contributed by atoms with Gasteiger partial charge in [-0.25, -0.2) is 4.79 Å². The van der Waals surface area contributed by atoms with Crippen molar-refractivity contribution in [1.29, 1.82) is 0 Å². The van der Waals surface area contributed by atoms with Crippen LogP contribution >= 0.6 is 0 Å². The number of carbonyl (C=O) groups is 2. The molecule has 1 unspecified atom stereocenters. The highest BCUT2D eigenvalue weighted by molar-refractivity contribution is 5.81. The fourth-order valence-electron chi connectivity index (χ4n) is 6.90. The number of amides is 2. The number of hydrogen-bond donors (Lipinski definition) is 1. The van der Waals surface area contributed by atoms with E-state index in [0.717, 1.165) is 38.8 Å². The summed E-state index contributed by atoms with van der Waals surface area (Å²) in [4.78, 5) is 26.1. The first-order valence-electron chi connectivity index (χ1n) is 12.3. The van der Waals surface area contributed by atoms with Gasteiger partial charge in [0.1, 0.15) is 0 Å². The molecule has 3 aliphatic carbocycles. The van der Waals surface area contributed by atoms with Crippen LogP contribution in [0.25, 0.3) is 0 Å². The van der Waals surface area contributed by atoms with E-state index in [0.29, 0.717) is 29.8 Å². The van der Waals surface area contributed by atoms with Crippen molar-refractivity contribution < 1.29 is 14.3 Å². The van der Waals surface area contributed by atoms with Gasteiger partial charge in [-0.3, -0.25) is 4.79 Å². The van der Waals surface area contributed by atoms with E-state index in [1.807, 2.05) is 0 Å². The average molecular weight is 439 g/mol. The number of rotatable bonds is 4. The van der Waals surface area contributed by atoms with Crippen molar-refractivity contribution in [3.63, 3.8) is 0 Å². The first kappa shape index (κ1) is 21.8. The minimum absolute atomic E-state index is 0.0625. The number of aryl methyl sites for hydroxylation is 1. The summed E-state index contributed by atoms with van der Waals surface area (Å²) in [6, 6.07) is 7.03. The Morgan fingerprint density at radius 2 is 1.81 bits per heavy atom. The predicted molar refractivity (Wildman–Crippen MR) is 124 cm³/mol. The third kappa shape index (κ3) is 3.62. The Morgan fingerprint density at radius 3 is 2.41 bits per heavy atom. The van der Waals surface area contributed by atoms with Gasteiger partial charge < -0.3 is 15.4 Å². The lowest BCUT2D eigenvalue weighted by molar-refractivity contribution is -0.144. The van der Waals surface area contributed by atoms with Gasteiger partial charge in [0.15, 0.2) is 0 Å². The van der Waals surface area contributed by atoms with Crippen LogP contribution in [0.15, 0.2) is 18.2 Å². The Kier molecular flexibility index (Phi) is 4.92. The number of ether oxygens (including phenoxy) is 1. The molecule has 5 nitrogen and oxygen atoms in total. The van der Waals surface area contributed by atoms with Gasteiger partial charge in [0, 0.05) is 24.4 Å². The van der Waals surface area contributed by atoms with Crippen LogP contribution < -0.4 is 5.73 Å². The number of benzene rings is 1. The average Bonchev–Trinajstić information content (AvgIpc) is 3.28. The van der Waals surface area contributed by atoms with E-state index in [1.54, 1.807) is 5.56 Å². The molecule has 0 bridgehead atoms. The van der Waals surface area contributed by atoms with E-state index in [9.17, 15) is 9.59 Å². The number of hydrogen-bond acceptors (Lipinski definition) is 3. The summed E-state index contributed by atoms with van der Waals surface area (Å²) in [5.41, 5.74) is 10.2. The predicted octanol–water partition coefficient (Wildman–Crippen LogP) is 4.90. The second-order valence-electron chi connectivity index (χ2n) is 12.3. The van der Waals surface area contributed by atoms with Crippen LogP contribution in [0, 0.1) is 29.6 Å². The van der Waals surface area contributed by atoms with Crippen LogP contribution in [-0.2, 0) is 14.9 Å². The van der Waals surface area contributed by atoms with Gasteiger partial charge in [0.2, 0.25) is 5.91 Å². The van der Waals surface area contributed by atoms with Crippen LogP contribution in [0.3, 0.4) is 0 Å². The van der Waals surface area contributed by atoms with Crippen molar-refractivity contribution in [1.82, 2.24) is 4.90 Å². The van der Waals surface area contributed by atoms with Gasteiger partial charge in [-0.2, -0.15) is 0 Å². The number of piperidine rings is 1. The van der Waals surface area contributed by atoms with E-state index in [-0.39, 0.29) is 16.7 Å². The number of nitrogens with two attached hydrogens (primary N) is 1. The lowest BCUT2D eigenvalue weighted by Crippen LogP contribution is -2.51. The second kappa shape index (κ2) is 7.23. The molecule has 1 aliphatic heterocycles. The molecule has 0 aromatic heterocycles. The third-order valence-corrected chi connectivity index (χ3v) is 9.26. The summed E-state index contributed by atoms with van der Waals surface area (Å²) < 4.78 is 5.01. The van der Waals surface area contributed by atoms with Crippen LogP contribution in [0.4, 0.5) is 4.79 Å². The normalized spacial score (nSPS) is 30.8. The molecule has 4 fully saturated rings. The van der Waals surface area contributed by atoms with Gasteiger partial charge in [0.05, 0.1) is 6.61 Å². The largest absolute Gasteiger partial charge is 0.449 e. The fraction of sp³-hybridized carbons (Fsp3) is 0.704. The number of nitrogens with zero attached hydrogens (tertiary/aromatic N) is 1. The molecule has 1 heterocycles. The van der Waals surface area contributed by atoms with Crippen molar-refractivity contribution in [2.45, 2.75) is 77.6 Å². The molecule has 1 spiro atoms. The van der Waals surface area contributed by atoms with Crippen molar-refractivity contribution in [3.05, 3.63) is 34.9 Å². The maximum Gasteiger partial charge on any atom is 0.404 e. The van der Waals surface area contributed by atoms with Crippen molar-refractivity contribution in [2.24, 2.45) is 28.4 Å². The van der Waals surface area contributed by atoms with Crippen LogP contribution in [0.2, 0.25) is 0 Å². The Hall–Kier alpha value is -2.04. The smallest absolute Gasteiger partial charge is 0.404 e. The Labute approximate surface area is 192 Å². The first-order valence-corrected chi connectivity index (χ1v) is 12.3. The molecule has 1 saturated heterocycles. The molecule has 5 heteroatoms. The molecule has 174 valence electrons. The van der Waals surface area contributed by atoms with E-state index >= 15 is 0 Å². The molecule has 5 rings (SSSR count). The minimum atomic E-state index is -0.708. The zero-order chi connectivity index (χ0) is 22.9. The summed E-state index contributed by atoms with van der Waals surface area (Å²) in [5, 5.41) is 0. The van der Waals surface area contributed by atoms with Gasteiger partial charge >= 0.3 is 6.09 Å². The van der Waals surface area contributed by atoms with Crippen LogP contribution in [-0.4, -0.2) is 36.6 Å². The first-order chi connectivity index (χ1) is 15.0. The quantitative estimate of drug-likeness (QED) is 0.727. The highest BCUT2D eigenvalue weighted by Crippen LogP contribution is 2.71. The molecule has 1 aromatic rings. The molecule has 3 saturated carbocycles. The zero-order valence-corrected chi connectivity index (χ0v) is 20.1. The van der Waals surface area contributed by atoms with Gasteiger partial charge in [-0.1, -0.05) is 39.0 Å². The van der Waals surface area contributed by atoms with Crippen molar-refractivity contribution in [3.8, 4) is 0 Å². The highest BCUT2D eigenvalue weighted by atomic mass is 16.5. The van der Waals surface area contributed by atoms with E-state index in [2.05, 4.69) is 50.8 Å². The summed E-state index contributed by atoms with van der Waals surface area (Å²) in [6.07, 6.45) is 5.97. The number of primary amides is 1. The van der Waals surface area contributed by atoms with Gasteiger partial charge in [-0.05, 0) is 84.8 Å². The zero-order valence-electron chi connectivity index (χ0n) is 20.1. The molecular weight excluding hydrogens is 400 g/mol. The summed E-state index contributed by atoms with van der Waals surface area (Å²) in [6.45, 7) is 11.3. The summed E-state index contributed by atoms with van der Waals surface area (Å²) >= 11 is 0. The van der Waals surface area contributed by atoms with E-state index in [4.69, 9.17) is 10.5 Å². The molecule has 2 amide bonds. The Bertz CT molecular complexity index is 933.